The SMILES string of the molecule is Brc1ccc2nc(Br)ncc2c1. The Balaban J connectivity index is 2.79. The first-order valence-corrected chi connectivity index (χ1v) is 4.92. The lowest BCUT2D eigenvalue weighted by molar-refractivity contribution is 1.16. The number of halogens is 2. The van der Waals surface area contributed by atoms with Crippen molar-refractivity contribution < 1.29 is 0 Å². The van der Waals surface area contributed by atoms with E-state index in [1.54, 1.807) is 6.20 Å². The van der Waals surface area contributed by atoms with Gasteiger partial charge in [-0.05, 0) is 34.1 Å². The molecule has 0 aliphatic rings. The third-order valence-electron chi connectivity index (χ3n) is 1.51. The van der Waals surface area contributed by atoms with Gasteiger partial charge in [-0.2, -0.15) is 0 Å². The molecule has 4 heteroatoms. The van der Waals surface area contributed by atoms with E-state index in [-0.39, 0.29) is 0 Å². The van der Waals surface area contributed by atoms with Crippen LogP contribution in [0.1, 0.15) is 0 Å². The van der Waals surface area contributed by atoms with Crippen LogP contribution >= 0.6 is 31.9 Å². The molecule has 0 amide bonds. The monoisotopic (exact) mass is 286 g/mol. The molecule has 12 heavy (non-hydrogen) atoms. The maximum absolute atomic E-state index is 4.20. The average Bonchev–Trinajstić information content (AvgIpc) is 2.05. The van der Waals surface area contributed by atoms with Gasteiger partial charge < -0.3 is 0 Å². The molecule has 2 rings (SSSR count). The fourth-order valence-corrected chi connectivity index (χ4v) is 1.65. The van der Waals surface area contributed by atoms with Gasteiger partial charge in [-0.25, -0.2) is 9.97 Å². The van der Waals surface area contributed by atoms with Crippen molar-refractivity contribution in [3.8, 4) is 0 Å². The Morgan fingerprint density at radius 3 is 2.83 bits per heavy atom. The van der Waals surface area contributed by atoms with Crippen LogP contribution in [0.2, 0.25) is 0 Å². The molecule has 2 nitrogen and oxygen atoms in total. The smallest absolute Gasteiger partial charge is 0.197 e. The zero-order valence-corrected chi connectivity index (χ0v) is 9.13. The van der Waals surface area contributed by atoms with Crippen molar-refractivity contribution in [2.45, 2.75) is 0 Å². The van der Waals surface area contributed by atoms with E-state index in [4.69, 9.17) is 0 Å². The Morgan fingerprint density at radius 2 is 2.00 bits per heavy atom. The summed E-state index contributed by atoms with van der Waals surface area (Å²) < 4.78 is 1.67. The molecule has 0 N–H and O–H groups in total. The maximum atomic E-state index is 4.20. The van der Waals surface area contributed by atoms with Gasteiger partial charge in [0.1, 0.15) is 0 Å². The summed E-state index contributed by atoms with van der Waals surface area (Å²) >= 11 is 6.60. The molecule has 0 unspecified atom stereocenters. The molecule has 1 heterocycles. The van der Waals surface area contributed by atoms with Gasteiger partial charge in [-0.3, -0.25) is 0 Å². The van der Waals surface area contributed by atoms with Gasteiger partial charge in [-0.15, -0.1) is 0 Å². The van der Waals surface area contributed by atoms with Gasteiger partial charge in [0.15, 0.2) is 4.73 Å². The van der Waals surface area contributed by atoms with Crippen LogP contribution in [-0.4, -0.2) is 9.97 Å². The van der Waals surface area contributed by atoms with Crippen LogP contribution in [0.3, 0.4) is 0 Å². The minimum Gasteiger partial charge on any atom is -0.230 e. The fourth-order valence-electron chi connectivity index (χ4n) is 0.982. The summed E-state index contributed by atoms with van der Waals surface area (Å²) in [6.45, 7) is 0. The first-order valence-electron chi connectivity index (χ1n) is 3.33. The van der Waals surface area contributed by atoms with Gasteiger partial charge >= 0.3 is 0 Å². The Kier molecular flexibility index (Phi) is 2.11. The summed E-state index contributed by atoms with van der Waals surface area (Å²) in [6.07, 6.45) is 1.79. The molecule has 0 saturated heterocycles. The second kappa shape index (κ2) is 3.11. The second-order valence-electron chi connectivity index (χ2n) is 2.34. The van der Waals surface area contributed by atoms with E-state index in [0.717, 1.165) is 15.4 Å². The molecule has 0 aliphatic carbocycles. The van der Waals surface area contributed by atoms with Crippen molar-refractivity contribution in [1.29, 1.82) is 0 Å². The summed E-state index contributed by atoms with van der Waals surface area (Å²) in [6, 6.07) is 5.90. The first-order chi connectivity index (χ1) is 5.75. The molecular weight excluding hydrogens is 284 g/mol. The minimum atomic E-state index is 0.623. The quantitative estimate of drug-likeness (QED) is 0.696. The molecule has 0 spiro atoms. The molecular formula is C8H4Br2N2. The van der Waals surface area contributed by atoms with Crippen molar-refractivity contribution in [2.24, 2.45) is 0 Å². The normalized spacial score (nSPS) is 10.5. The molecule has 0 fully saturated rings. The summed E-state index contributed by atoms with van der Waals surface area (Å²) in [5, 5.41) is 1.03. The van der Waals surface area contributed by atoms with E-state index in [1.165, 1.54) is 0 Å². The molecule has 0 saturated carbocycles. The van der Waals surface area contributed by atoms with Gasteiger partial charge in [0.25, 0.3) is 0 Å². The number of rotatable bonds is 0. The van der Waals surface area contributed by atoms with Crippen LogP contribution in [0, 0.1) is 0 Å². The third kappa shape index (κ3) is 1.49. The Hall–Kier alpha value is -0.480. The van der Waals surface area contributed by atoms with E-state index in [0.29, 0.717) is 4.73 Å². The number of benzene rings is 1. The highest BCUT2D eigenvalue weighted by atomic mass is 79.9. The Labute approximate surface area is 86.3 Å². The van der Waals surface area contributed by atoms with Crippen LogP contribution in [0.15, 0.2) is 33.6 Å². The average molecular weight is 288 g/mol. The van der Waals surface area contributed by atoms with Crippen LogP contribution in [0.5, 0.6) is 0 Å². The van der Waals surface area contributed by atoms with Crippen molar-refractivity contribution in [2.75, 3.05) is 0 Å². The number of nitrogens with zero attached hydrogens (tertiary/aromatic N) is 2. The van der Waals surface area contributed by atoms with Gasteiger partial charge in [-0.1, -0.05) is 15.9 Å². The third-order valence-corrected chi connectivity index (χ3v) is 2.39. The standard InChI is InChI=1S/C8H4Br2N2/c9-6-1-2-7-5(3-6)4-11-8(10)12-7/h1-4H. The zero-order valence-electron chi connectivity index (χ0n) is 5.96. The van der Waals surface area contributed by atoms with Crippen molar-refractivity contribution in [1.82, 2.24) is 9.97 Å². The lowest BCUT2D eigenvalue weighted by Gasteiger charge is -1.96. The molecule has 2 aromatic rings. The van der Waals surface area contributed by atoms with Gasteiger partial charge in [0.05, 0.1) is 5.52 Å². The van der Waals surface area contributed by atoms with Crippen LogP contribution in [0.4, 0.5) is 0 Å². The largest absolute Gasteiger partial charge is 0.230 e. The van der Waals surface area contributed by atoms with Crippen LogP contribution < -0.4 is 0 Å². The molecule has 60 valence electrons. The number of fused-ring (bicyclic) bond motifs is 1. The van der Waals surface area contributed by atoms with Gasteiger partial charge in [0, 0.05) is 16.1 Å². The maximum Gasteiger partial charge on any atom is 0.197 e. The summed E-state index contributed by atoms with van der Waals surface area (Å²) in [4.78, 5) is 8.23. The number of hydrogen-bond acceptors (Lipinski definition) is 2. The van der Waals surface area contributed by atoms with Crippen molar-refractivity contribution in [3.63, 3.8) is 0 Å². The number of aromatic nitrogens is 2. The topological polar surface area (TPSA) is 25.8 Å². The molecule has 0 atom stereocenters. The Bertz CT molecular complexity index is 387. The molecule has 1 aromatic carbocycles. The van der Waals surface area contributed by atoms with Crippen molar-refractivity contribution >= 4 is 42.8 Å². The molecule has 0 aliphatic heterocycles. The van der Waals surface area contributed by atoms with E-state index in [1.807, 2.05) is 18.2 Å². The highest BCUT2D eigenvalue weighted by molar-refractivity contribution is 9.10. The predicted octanol–water partition coefficient (Wildman–Crippen LogP) is 3.15. The lowest BCUT2D eigenvalue weighted by atomic mass is 10.2. The fraction of sp³-hybridized carbons (Fsp3) is 0. The highest BCUT2D eigenvalue weighted by Gasteiger charge is 1.96. The zero-order chi connectivity index (χ0) is 8.55. The first kappa shape index (κ1) is 8.13. The second-order valence-corrected chi connectivity index (χ2v) is 3.97. The summed E-state index contributed by atoms with van der Waals surface area (Å²) in [5.41, 5.74) is 0.945. The van der Waals surface area contributed by atoms with E-state index < -0.39 is 0 Å². The van der Waals surface area contributed by atoms with E-state index >= 15 is 0 Å². The van der Waals surface area contributed by atoms with E-state index in [9.17, 15) is 0 Å². The molecule has 1 aromatic heterocycles. The van der Waals surface area contributed by atoms with Crippen molar-refractivity contribution in [3.05, 3.63) is 33.6 Å². The molecule has 0 bridgehead atoms. The highest BCUT2D eigenvalue weighted by Crippen LogP contribution is 2.18. The summed E-state index contributed by atoms with van der Waals surface area (Å²) in [5.74, 6) is 0. The Morgan fingerprint density at radius 1 is 1.17 bits per heavy atom. The van der Waals surface area contributed by atoms with Gasteiger partial charge in [0.2, 0.25) is 0 Å². The number of hydrogen-bond donors (Lipinski definition) is 0. The molecule has 0 radical (unpaired) electrons. The summed E-state index contributed by atoms with van der Waals surface area (Å²) in [7, 11) is 0. The minimum absolute atomic E-state index is 0.623. The predicted molar refractivity (Wildman–Crippen MR) is 54.9 cm³/mol. The lowest BCUT2D eigenvalue weighted by Crippen LogP contribution is -1.83. The van der Waals surface area contributed by atoms with Crippen LogP contribution in [0.25, 0.3) is 10.9 Å². The van der Waals surface area contributed by atoms with Crippen LogP contribution in [-0.2, 0) is 0 Å². The van der Waals surface area contributed by atoms with E-state index in [2.05, 4.69) is 41.8 Å².